The standard InChI is InChI=1S/C26H22F2O5/c1-4-24(29)31-16-19-5-8-21-14-22(10-9-20(21)13-19)26(27,28)33-23-11-6-18(7-12-23)15-32-25(30)17(2)3/h4-14H,1-2,15-16H2,3H3. The molecule has 0 saturated heterocycles. The van der Waals surface area contributed by atoms with Crippen LogP contribution < -0.4 is 4.74 Å². The van der Waals surface area contributed by atoms with Gasteiger partial charge >= 0.3 is 18.0 Å². The average Bonchev–Trinajstić information content (AvgIpc) is 2.81. The zero-order chi connectivity index (χ0) is 24.0. The summed E-state index contributed by atoms with van der Waals surface area (Å²) in [7, 11) is 0. The Balaban J connectivity index is 1.69. The molecule has 0 saturated carbocycles. The van der Waals surface area contributed by atoms with Crippen molar-refractivity contribution in [2.45, 2.75) is 26.2 Å². The Morgan fingerprint density at radius 2 is 1.52 bits per heavy atom. The lowest BCUT2D eigenvalue weighted by molar-refractivity contribution is -0.185. The third kappa shape index (κ3) is 6.26. The molecule has 0 amide bonds. The summed E-state index contributed by atoms with van der Waals surface area (Å²) in [6.07, 6.45) is -2.50. The highest BCUT2D eigenvalue weighted by Gasteiger charge is 2.34. The molecular formula is C26H22F2O5. The summed E-state index contributed by atoms with van der Waals surface area (Å²) < 4.78 is 44.5. The molecule has 0 aliphatic heterocycles. The number of fused-ring (bicyclic) bond motifs is 1. The van der Waals surface area contributed by atoms with Gasteiger partial charge in [0.25, 0.3) is 0 Å². The van der Waals surface area contributed by atoms with E-state index in [1.165, 1.54) is 43.3 Å². The molecule has 0 unspecified atom stereocenters. The van der Waals surface area contributed by atoms with Gasteiger partial charge < -0.3 is 14.2 Å². The molecule has 7 heteroatoms. The first kappa shape index (κ1) is 23.7. The Hall–Kier alpha value is -4.00. The predicted molar refractivity (Wildman–Crippen MR) is 120 cm³/mol. The van der Waals surface area contributed by atoms with Gasteiger partial charge in [-0.15, -0.1) is 0 Å². The summed E-state index contributed by atoms with van der Waals surface area (Å²) in [6.45, 7) is 8.42. The second kappa shape index (κ2) is 10.1. The van der Waals surface area contributed by atoms with Gasteiger partial charge in [-0.1, -0.05) is 43.5 Å². The monoisotopic (exact) mass is 452 g/mol. The summed E-state index contributed by atoms with van der Waals surface area (Å²) in [6, 6.07) is 15.2. The van der Waals surface area contributed by atoms with Gasteiger partial charge in [0, 0.05) is 11.6 Å². The summed E-state index contributed by atoms with van der Waals surface area (Å²) >= 11 is 0. The Morgan fingerprint density at radius 3 is 2.18 bits per heavy atom. The first-order valence-electron chi connectivity index (χ1n) is 9.99. The molecule has 0 aliphatic rings. The fourth-order valence-corrected chi connectivity index (χ4v) is 2.91. The second-order valence-corrected chi connectivity index (χ2v) is 7.33. The van der Waals surface area contributed by atoms with Gasteiger partial charge in [0.05, 0.1) is 5.56 Å². The number of hydrogen-bond donors (Lipinski definition) is 0. The minimum Gasteiger partial charge on any atom is -0.458 e. The fraction of sp³-hybridized carbons (Fsp3) is 0.154. The normalized spacial score (nSPS) is 11.0. The van der Waals surface area contributed by atoms with Crippen LogP contribution in [0.25, 0.3) is 10.8 Å². The Bertz CT molecular complexity index is 1200. The molecule has 0 radical (unpaired) electrons. The number of ether oxygens (including phenoxy) is 3. The van der Waals surface area contributed by atoms with E-state index in [2.05, 4.69) is 13.2 Å². The number of benzene rings is 3. The highest BCUT2D eigenvalue weighted by Crippen LogP contribution is 2.33. The van der Waals surface area contributed by atoms with Gasteiger partial charge in [-0.2, -0.15) is 8.78 Å². The van der Waals surface area contributed by atoms with Crippen LogP contribution in [0.4, 0.5) is 8.78 Å². The van der Waals surface area contributed by atoms with Crippen LogP contribution in [0.1, 0.15) is 23.6 Å². The zero-order valence-corrected chi connectivity index (χ0v) is 18.0. The Kier molecular flexibility index (Phi) is 7.23. The van der Waals surface area contributed by atoms with Crippen LogP contribution in [0.3, 0.4) is 0 Å². The van der Waals surface area contributed by atoms with E-state index >= 15 is 0 Å². The van der Waals surface area contributed by atoms with E-state index < -0.39 is 18.0 Å². The van der Waals surface area contributed by atoms with E-state index in [0.29, 0.717) is 10.9 Å². The number of alkyl halides is 2. The van der Waals surface area contributed by atoms with E-state index in [0.717, 1.165) is 17.0 Å². The zero-order valence-electron chi connectivity index (χ0n) is 18.0. The summed E-state index contributed by atoms with van der Waals surface area (Å²) in [5.41, 5.74) is 1.32. The van der Waals surface area contributed by atoms with Crippen molar-refractivity contribution in [1.82, 2.24) is 0 Å². The van der Waals surface area contributed by atoms with Crippen LogP contribution in [-0.4, -0.2) is 11.9 Å². The van der Waals surface area contributed by atoms with Crippen molar-refractivity contribution < 1.29 is 32.6 Å². The maximum Gasteiger partial charge on any atom is 0.426 e. The fourth-order valence-electron chi connectivity index (χ4n) is 2.91. The smallest absolute Gasteiger partial charge is 0.426 e. The minimum atomic E-state index is -3.57. The van der Waals surface area contributed by atoms with Crippen molar-refractivity contribution >= 4 is 22.7 Å². The molecule has 3 aromatic carbocycles. The van der Waals surface area contributed by atoms with E-state index in [-0.39, 0.29) is 30.1 Å². The first-order valence-corrected chi connectivity index (χ1v) is 9.99. The van der Waals surface area contributed by atoms with Gasteiger partial charge in [-0.3, -0.25) is 0 Å². The Labute approximate surface area is 189 Å². The average molecular weight is 452 g/mol. The van der Waals surface area contributed by atoms with Gasteiger partial charge in [0.15, 0.2) is 0 Å². The molecule has 3 rings (SSSR count). The van der Waals surface area contributed by atoms with Crippen molar-refractivity contribution in [3.05, 3.63) is 102 Å². The number of hydrogen-bond acceptors (Lipinski definition) is 5. The topological polar surface area (TPSA) is 61.8 Å². The third-order valence-corrected chi connectivity index (χ3v) is 4.68. The Morgan fingerprint density at radius 1 is 0.909 bits per heavy atom. The number of carbonyl (C=O) groups excluding carboxylic acids is 2. The van der Waals surface area contributed by atoms with Crippen LogP contribution in [0, 0.1) is 0 Å². The molecule has 33 heavy (non-hydrogen) atoms. The molecule has 0 fully saturated rings. The molecule has 0 N–H and O–H groups in total. The summed E-state index contributed by atoms with van der Waals surface area (Å²) in [5, 5.41) is 1.31. The highest BCUT2D eigenvalue weighted by atomic mass is 19.3. The first-order chi connectivity index (χ1) is 15.7. The molecule has 170 valence electrons. The number of halogens is 2. The largest absolute Gasteiger partial charge is 0.458 e. The van der Waals surface area contributed by atoms with Crippen molar-refractivity contribution in [2.24, 2.45) is 0 Å². The van der Waals surface area contributed by atoms with Gasteiger partial charge in [0.2, 0.25) is 0 Å². The lowest BCUT2D eigenvalue weighted by Gasteiger charge is -2.19. The predicted octanol–water partition coefficient (Wildman–Crippen LogP) is 5.82. The van der Waals surface area contributed by atoms with Crippen LogP contribution in [0.2, 0.25) is 0 Å². The highest BCUT2D eigenvalue weighted by molar-refractivity contribution is 5.87. The van der Waals surface area contributed by atoms with E-state index in [1.807, 2.05) is 0 Å². The lowest BCUT2D eigenvalue weighted by atomic mass is 10.0. The van der Waals surface area contributed by atoms with E-state index in [9.17, 15) is 18.4 Å². The molecular weight excluding hydrogens is 430 g/mol. The van der Waals surface area contributed by atoms with Gasteiger partial charge in [0.1, 0.15) is 19.0 Å². The number of carbonyl (C=O) groups is 2. The van der Waals surface area contributed by atoms with Crippen molar-refractivity contribution in [3.63, 3.8) is 0 Å². The summed E-state index contributed by atoms with van der Waals surface area (Å²) in [5.74, 6) is -1.10. The van der Waals surface area contributed by atoms with E-state index in [1.54, 1.807) is 24.3 Å². The maximum absolute atomic E-state index is 14.8. The van der Waals surface area contributed by atoms with Gasteiger partial charge in [-0.05, 0) is 59.2 Å². The number of rotatable bonds is 9. The van der Waals surface area contributed by atoms with Crippen molar-refractivity contribution in [3.8, 4) is 5.75 Å². The third-order valence-electron chi connectivity index (χ3n) is 4.68. The van der Waals surface area contributed by atoms with Crippen LogP contribution in [0.5, 0.6) is 5.75 Å². The van der Waals surface area contributed by atoms with Crippen LogP contribution >= 0.6 is 0 Å². The van der Waals surface area contributed by atoms with E-state index in [4.69, 9.17) is 14.2 Å². The van der Waals surface area contributed by atoms with Crippen molar-refractivity contribution in [2.75, 3.05) is 0 Å². The molecule has 0 aromatic heterocycles. The lowest BCUT2D eigenvalue weighted by Crippen LogP contribution is -2.21. The minimum absolute atomic E-state index is 0.00180. The van der Waals surface area contributed by atoms with Crippen molar-refractivity contribution in [1.29, 1.82) is 0 Å². The number of esters is 2. The second-order valence-electron chi connectivity index (χ2n) is 7.33. The van der Waals surface area contributed by atoms with Crippen LogP contribution in [0.15, 0.2) is 85.5 Å². The molecule has 0 atom stereocenters. The summed E-state index contributed by atoms with van der Waals surface area (Å²) in [4.78, 5) is 22.6. The van der Waals surface area contributed by atoms with Crippen LogP contribution in [-0.2, 0) is 38.4 Å². The molecule has 0 heterocycles. The molecule has 0 spiro atoms. The SMILES string of the molecule is C=CC(=O)OCc1ccc2cc(C(F)(F)Oc3ccc(COC(=O)C(=C)C)cc3)ccc2c1. The quantitative estimate of drug-likeness (QED) is 0.303. The maximum atomic E-state index is 14.8. The molecule has 0 bridgehead atoms. The van der Waals surface area contributed by atoms with Gasteiger partial charge in [-0.25, -0.2) is 9.59 Å². The molecule has 3 aromatic rings. The molecule has 5 nitrogen and oxygen atoms in total. The molecule has 0 aliphatic carbocycles.